The van der Waals surface area contributed by atoms with E-state index in [4.69, 9.17) is 4.74 Å². The molecular formula is C11H8Br2N2O. The van der Waals surface area contributed by atoms with Gasteiger partial charge < -0.3 is 4.74 Å². The van der Waals surface area contributed by atoms with Gasteiger partial charge in [0.2, 0.25) is 0 Å². The van der Waals surface area contributed by atoms with Crippen molar-refractivity contribution >= 4 is 31.9 Å². The minimum atomic E-state index is 0.482. The summed E-state index contributed by atoms with van der Waals surface area (Å²) < 4.78 is 7.30. The highest BCUT2D eigenvalue weighted by molar-refractivity contribution is 9.10. The number of nitrogens with zero attached hydrogens (tertiary/aromatic N) is 2. The van der Waals surface area contributed by atoms with Gasteiger partial charge in [0.1, 0.15) is 17.0 Å². The number of pyridine rings is 2. The zero-order chi connectivity index (χ0) is 11.4. The molecule has 0 atom stereocenters. The predicted octanol–water partition coefficient (Wildman–Crippen LogP) is 3.58. The Morgan fingerprint density at radius 1 is 1.12 bits per heavy atom. The van der Waals surface area contributed by atoms with Crippen molar-refractivity contribution in [3.05, 3.63) is 51.4 Å². The number of halogens is 2. The Labute approximate surface area is 110 Å². The van der Waals surface area contributed by atoms with Crippen LogP contribution in [-0.2, 0) is 6.61 Å². The fourth-order valence-electron chi connectivity index (χ4n) is 1.15. The maximum absolute atomic E-state index is 5.56. The van der Waals surface area contributed by atoms with Crippen LogP contribution in [0.4, 0.5) is 0 Å². The Kier molecular flexibility index (Phi) is 3.90. The summed E-state index contributed by atoms with van der Waals surface area (Å²) in [6, 6.07) is 5.68. The van der Waals surface area contributed by atoms with Gasteiger partial charge in [0.15, 0.2) is 0 Å². The lowest BCUT2D eigenvalue weighted by atomic mass is 10.3. The summed E-state index contributed by atoms with van der Waals surface area (Å²) in [5.74, 6) is 0.739. The number of hydrogen-bond acceptors (Lipinski definition) is 3. The zero-order valence-corrected chi connectivity index (χ0v) is 11.4. The lowest BCUT2D eigenvalue weighted by Crippen LogP contribution is -1.96. The van der Waals surface area contributed by atoms with Crippen LogP contribution in [0.25, 0.3) is 0 Å². The third kappa shape index (κ3) is 3.28. The van der Waals surface area contributed by atoms with Crippen LogP contribution >= 0.6 is 31.9 Å². The SMILES string of the molecule is Brc1cncc(COc2ccc(Br)nc2)c1. The summed E-state index contributed by atoms with van der Waals surface area (Å²) >= 11 is 6.63. The second-order valence-electron chi connectivity index (χ2n) is 3.12. The van der Waals surface area contributed by atoms with E-state index < -0.39 is 0 Å². The van der Waals surface area contributed by atoms with Gasteiger partial charge in [-0.05, 0) is 50.1 Å². The second-order valence-corrected chi connectivity index (χ2v) is 4.84. The molecule has 2 heterocycles. The fraction of sp³-hybridized carbons (Fsp3) is 0.0909. The Hall–Kier alpha value is -0.940. The first-order chi connectivity index (χ1) is 7.74. The van der Waals surface area contributed by atoms with Crippen molar-refractivity contribution in [1.29, 1.82) is 0 Å². The average Bonchev–Trinajstić information content (AvgIpc) is 2.28. The molecule has 0 N–H and O–H groups in total. The minimum absolute atomic E-state index is 0.482. The van der Waals surface area contributed by atoms with Crippen LogP contribution in [0.1, 0.15) is 5.56 Å². The molecule has 0 bridgehead atoms. The molecule has 0 aliphatic heterocycles. The van der Waals surface area contributed by atoms with Gasteiger partial charge in [0, 0.05) is 22.4 Å². The monoisotopic (exact) mass is 342 g/mol. The Morgan fingerprint density at radius 3 is 2.69 bits per heavy atom. The first-order valence-electron chi connectivity index (χ1n) is 4.58. The molecule has 5 heteroatoms. The molecule has 16 heavy (non-hydrogen) atoms. The smallest absolute Gasteiger partial charge is 0.138 e. The summed E-state index contributed by atoms with van der Waals surface area (Å²) in [5.41, 5.74) is 1.01. The largest absolute Gasteiger partial charge is 0.487 e. The van der Waals surface area contributed by atoms with E-state index in [9.17, 15) is 0 Å². The standard InChI is InChI=1S/C11H8Br2N2O/c12-9-3-8(4-14-5-9)7-16-10-1-2-11(13)15-6-10/h1-6H,7H2. The van der Waals surface area contributed by atoms with E-state index in [-0.39, 0.29) is 0 Å². The molecule has 82 valence electrons. The van der Waals surface area contributed by atoms with Crippen LogP contribution in [0.5, 0.6) is 5.75 Å². The normalized spacial score (nSPS) is 10.1. The van der Waals surface area contributed by atoms with E-state index in [2.05, 4.69) is 41.8 Å². The van der Waals surface area contributed by atoms with Crippen molar-refractivity contribution in [3.63, 3.8) is 0 Å². The highest BCUT2D eigenvalue weighted by Gasteiger charge is 1.98. The Balaban J connectivity index is 1.99. The Bertz CT molecular complexity index is 474. The number of rotatable bonds is 3. The van der Waals surface area contributed by atoms with E-state index in [1.807, 2.05) is 18.2 Å². The molecule has 0 radical (unpaired) electrons. The zero-order valence-electron chi connectivity index (χ0n) is 8.23. The van der Waals surface area contributed by atoms with E-state index in [0.717, 1.165) is 20.4 Å². The van der Waals surface area contributed by atoms with Crippen LogP contribution in [0.15, 0.2) is 45.9 Å². The molecule has 2 rings (SSSR count). The van der Waals surface area contributed by atoms with Crippen molar-refractivity contribution in [2.45, 2.75) is 6.61 Å². The topological polar surface area (TPSA) is 35.0 Å². The first-order valence-corrected chi connectivity index (χ1v) is 6.16. The molecule has 0 saturated carbocycles. The van der Waals surface area contributed by atoms with Gasteiger partial charge in [-0.15, -0.1) is 0 Å². The molecule has 2 aromatic heterocycles. The molecule has 0 spiro atoms. The van der Waals surface area contributed by atoms with Crippen LogP contribution < -0.4 is 4.74 Å². The van der Waals surface area contributed by atoms with Gasteiger partial charge in [-0.1, -0.05) is 0 Å². The number of aromatic nitrogens is 2. The second kappa shape index (κ2) is 5.41. The van der Waals surface area contributed by atoms with Crippen molar-refractivity contribution in [3.8, 4) is 5.75 Å². The van der Waals surface area contributed by atoms with E-state index >= 15 is 0 Å². The maximum atomic E-state index is 5.56. The van der Waals surface area contributed by atoms with Crippen molar-refractivity contribution < 1.29 is 4.74 Å². The molecule has 0 aromatic carbocycles. The lowest BCUT2D eigenvalue weighted by molar-refractivity contribution is 0.304. The summed E-state index contributed by atoms with van der Waals surface area (Å²) in [5, 5.41) is 0. The summed E-state index contributed by atoms with van der Waals surface area (Å²) in [6.45, 7) is 0.482. The van der Waals surface area contributed by atoms with E-state index in [1.54, 1.807) is 18.6 Å². The maximum Gasteiger partial charge on any atom is 0.138 e. The van der Waals surface area contributed by atoms with Gasteiger partial charge in [-0.3, -0.25) is 4.98 Å². The molecule has 0 aliphatic rings. The quantitative estimate of drug-likeness (QED) is 0.799. The van der Waals surface area contributed by atoms with Gasteiger partial charge in [0.25, 0.3) is 0 Å². The van der Waals surface area contributed by atoms with Crippen molar-refractivity contribution in [1.82, 2.24) is 9.97 Å². The van der Waals surface area contributed by atoms with Crippen molar-refractivity contribution in [2.75, 3.05) is 0 Å². The Morgan fingerprint density at radius 2 is 2.00 bits per heavy atom. The van der Waals surface area contributed by atoms with Gasteiger partial charge in [-0.2, -0.15) is 0 Å². The molecule has 3 nitrogen and oxygen atoms in total. The third-order valence-electron chi connectivity index (χ3n) is 1.87. The van der Waals surface area contributed by atoms with Crippen LogP contribution in [-0.4, -0.2) is 9.97 Å². The van der Waals surface area contributed by atoms with Gasteiger partial charge >= 0.3 is 0 Å². The molecule has 0 aliphatic carbocycles. The summed E-state index contributed by atoms with van der Waals surface area (Å²) in [4.78, 5) is 8.14. The van der Waals surface area contributed by atoms with Gasteiger partial charge in [0.05, 0.1) is 6.20 Å². The van der Waals surface area contributed by atoms with Crippen LogP contribution in [0, 0.1) is 0 Å². The van der Waals surface area contributed by atoms with Crippen molar-refractivity contribution in [2.24, 2.45) is 0 Å². The third-order valence-corrected chi connectivity index (χ3v) is 2.77. The first kappa shape index (κ1) is 11.5. The van der Waals surface area contributed by atoms with Crippen LogP contribution in [0.2, 0.25) is 0 Å². The highest BCUT2D eigenvalue weighted by Crippen LogP contribution is 2.15. The molecule has 0 amide bonds. The fourth-order valence-corrected chi connectivity index (χ4v) is 1.80. The number of ether oxygens (including phenoxy) is 1. The minimum Gasteiger partial charge on any atom is -0.487 e. The molecule has 0 saturated heterocycles. The predicted molar refractivity (Wildman–Crippen MR) is 68.2 cm³/mol. The number of hydrogen-bond donors (Lipinski definition) is 0. The molecule has 0 unspecified atom stereocenters. The lowest BCUT2D eigenvalue weighted by Gasteiger charge is -2.05. The molecule has 2 aromatic rings. The van der Waals surface area contributed by atoms with E-state index in [1.165, 1.54) is 0 Å². The average molecular weight is 344 g/mol. The van der Waals surface area contributed by atoms with E-state index in [0.29, 0.717) is 6.61 Å². The highest BCUT2D eigenvalue weighted by atomic mass is 79.9. The summed E-state index contributed by atoms with van der Waals surface area (Å²) in [7, 11) is 0. The van der Waals surface area contributed by atoms with Crippen LogP contribution in [0.3, 0.4) is 0 Å². The summed E-state index contributed by atoms with van der Waals surface area (Å²) in [6.07, 6.45) is 5.19. The molecular weight excluding hydrogens is 336 g/mol. The molecule has 0 fully saturated rings. The van der Waals surface area contributed by atoms with Gasteiger partial charge in [-0.25, -0.2) is 4.98 Å².